The largest absolute Gasteiger partial charge is 0.311 e. The fraction of sp³-hybridized carbons (Fsp3) is 1.00. The van der Waals surface area contributed by atoms with Crippen LogP contribution in [0.2, 0.25) is 0 Å². The predicted octanol–water partition coefficient (Wildman–Crippen LogP) is 0.247. The minimum Gasteiger partial charge on any atom is -0.311 e. The van der Waals surface area contributed by atoms with Gasteiger partial charge < -0.3 is 10.2 Å². The Morgan fingerprint density at radius 3 is 2.06 bits per heavy atom. The van der Waals surface area contributed by atoms with Crippen LogP contribution in [0.25, 0.3) is 0 Å². The van der Waals surface area contributed by atoms with Gasteiger partial charge in [-0.05, 0) is 45.8 Å². The van der Waals surface area contributed by atoms with Crippen LogP contribution >= 0.6 is 0 Å². The zero-order chi connectivity index (χ0) is 11.6. The van der Waals surface area contributed by atoms with E-state index in [1.165, 1.54) is 12.8 Å². The predicted molar refractivity (Wildman–Crippen MR) is 65.3 cm³/mol. The van der Waals surface area contributed by atoms with E-state index in [2.05, 4.69) is 17.3 Å². The molecular weight excluding hydrogens is 224 g/mol. The lowest BCUT2D eigenvalue weighted by Crippen LogP contribution is -2.47. The van der Waals surface area contributed by atoms with Crippen LogP contribution < -0.4 is 5.32 Å². The maximum absolute atomic E-state index is 11.3. The van der Waals surface area contributed by atoms with E-state index in [9.17, 15) is 8.42 Å². The monoisotopic (exact) mass is 246 g/mol. The van der Waals surface area contributed by atoms with E-state index < -0.39 is 9.84 Å². The molecule has 0 aromatic rings. The van der Waals surface area contributed by atoms with Crippen LogP contribution in [0.3, 0.4) is 0 Å². The molecule has 2 fully saturated rings. The van der Waals surface area contributed by atoms with Gasteiger partial charge in [-0.1, -0.05) is 0 Å². The molecule has 4 nitrogen and oxygen atoms in total. The molecule has 0 aliphatic carbocycles. The maximum Gasteiger partial charge on any atom is 0.150 e. The number of likely N-dealkylation sites (tertiary alicyclic amines) is 1. The summed E-state index contributed by atoms with van der Waals surface area (Å²) in [6.07, 6.45) is 3.99. The summed E-state index contributed by atoms with van der Waals surface area (Å²) in [4.78, 5) is 2.35. The Hall–Kier alpha value is -0.130. The standard InChI is InChI=1S/C11H22N2O2S/c1-13-6-2-10(3-7-13)12-11-4-8-16(14,15)9-5-11/h10-12H,2-9H2,1H3. The molecule has 0 amide bonds. The van der Waals surface area contributed by atoms with Gasteiger partial charge in [0, 0.05) is 12.1 Å². The van der Waals surface area contributed by atoms with Gasteiger partial charge in [0.05, 0.1) is 11.5 Å². The Morgan fingerprint density at radius 2 is 1.50 bits per heavy atom. The molecule has 0 bridgehead atoms. The molecule has 0 spiro atoms. The van der Waals surface area contributed by atoms with E-state index >= 15 is 0 Å². The van der Waals surface area contributed by atoms with E-state index in [1.54, 1.807) is 0 Å². The number of hydrogen-bond donors (Lipinski definition) is 1. The Labute approximate surface area is 98.3 Å². The highest BCUT2D eigenvalue weighted by Crippen LogP contribution is 2.16. The summed E-state index contributed by atoms with van der Waals surface area (Å²) in [5.41, 5.74) is 0. The number of sulfone groups is 1. The summed E-state index contributed by atoms with van der Waals surface area (Å²) in [6, 6.07) is 1.03. The molecular formula is C11H22N2O2S. The number of nitrogens with one attached hydrogen (secondary N) is 1. The molecule has 0 saturated carbocycles. The van der Waals surface area contributed by atoms with Crippen molar-refractivity contribution < 1.29 is 8.42 Å². The molecule has 1 N–H and O–H groups in total. The van der Waals surface area contributed by atoms with Gasteiger partial charge >= 0.3 is 0 Å². The first-order valence-corrected chi connectivity index (χ1v) is 8.02. The average molecular weight is 246 g/mol. The summed E-state index contributed by atoms with van der Waals surface area (Å²) in [5, 5.41) is 3.62. The number of hydrogen-bond acceptors (Lipinski definition) is 4. The summed E-state index contributed by atoms with van der Waals surface area (Å²) >= 11 is 0. The third kappa shape index (κ3) is 3.43. The van der Waals surface area contributed by atoms with E-state index in [-0.39, 0.29) is 0 Å². The second-order valence-electron chi connectivity index (χ2n) is 5.17. The molecule has 2 aliphatic rings. The fourth-order valence-corrected chi connectivity index (χ4v) is 4.06. The highest BCUT2D eigenvalue weighted by Gasteiger charge is 2.26. The fourth-order valence-electron chi connectivity index (χ4n) is 2.57. The van der Waals surface area contributed by atoms with Crippen molar-refractivity contribution in [3.8, 4) is 0 Å². The zero-order valence-electron chi connectivity index (χ0n) is 9.98. The Balaban J connectivity index is 1.75. The number of rotatable bonds is 2. The van der Waals surface area contributed by atoms with E-state index in [0.29, 0.717) is 23.6 Å². The minimum absolute atomic E-state index is 0.372. The smallest absolute Gasteiger partial charge is 0.150 e. The maximum atomic E-state index is 11.3. The quantitative estimate of drug-likeness (QED) is 0.759. The first-order valence-electron chi connectivity index (χ1n) is 6.20. The van der Waals surface area contributed by atoms with Gasteiger partial charge in [0.25, 0.3) is 0 Å². The lowest BCUT2D eigenvalue weighted by Gasteiger charge is -2.33. The molecule has 2 heterocycles. The van der Waals surface area contributed by atoms with Crippen molar-refractivity contribution in [1.82, 2.24) is 10.2 Å². The van der Waals surface area contributed by atoms with Crippen LogP contribution in [-0.2, 0) is 9.84 Å². The van der Waals surface area contributed by atoms with E-state index in [1.807, 2.05) is 0 Å². The first-order chi connectivity index (χ1) is 7.55. The second-order valence-corrected chi connectivity index (χ2v) is 7.47. The van der Waals surface area contributed by atoms with E-state index in [0.717, 1.165) is 25.9 Å². The van der Waals surface area contributed by atoms with Crippen LogP contribution in [0, 0.1) is 0 Å². The summed E-state index contributed by atoms with van der Waals surface area (Å²) < 4.78 is 22.6. The molecule has 94 valence electrons. The third-order valence-electron chi connectivity index (χ3n) is 3.74. The summed E-state index contributed by atoms with van der Waals surface area (Å²) in [5.74, 6) is 0.745. The highest BCUT2D eigenvalue weighted by atomic mass is 32.2. The van der Waals surface area contributed by atoms with Gasteiger partial charge in [0.1, 0.15) is 9.84 Å². The van der Waals surface area contributed by atoms with Crippen molar-refractivity contribution in [1.29, 1.82) is 0 Å². The van der Waals surface area contributed by atoms with Crippen LogP contribution in [-0.4, -0.2) is 57.0 Å². The van der Waals surface area contributed by atoms with Crippen molar-refractivity contribution in [3.05, 3.63) is 0 Å². The molecule has 0 atom stereocenters. The van der Waals surface area contributed by atoms with Gasteiger partial charge in [-0.2, -0.15) is 0 Å². The Morgan fingerprint density at radius 1 is 1.00 bits per heavy atom. The molecule has 0 radical (unpaired) electrons. The van der Waals surface area contributed by atoms with Crippen LogP contribution in [0.1, 0.15) is 25.7 Å². The van der Waals surface area contributed by atoms with Gasteiger partial charge in [-0.15, -0.1) is 0 Å². The second kappa shape index (κ2) is 5.02. The van der Waals surface area contributed by atoms with Crippen molar-refractivity contribution >= 4 is 9.84 Å². The van der Waals surface area contributed by atoms with Gasteiger partial charge in [-0.25, -0.2) is 8.42 Å². The van der Waals surface area contributed by atoms with Crippen LogP contribution in [0.5, 0.6) is 0 Å². The molecule has 5 heteroatoms. The van der Waals surface area contributed by atoms with Crippen molar-refractivity contribution in [2.45, 2.75) is 37.8 Å². The lowest BCUT2D eigenvalue weighted by atomic mass is 10.0. The topological polar surface area (TPSA) is 49.4 Å². The lowest BCUT2D eigenvalue weighted by molar-refractivity contribution is 0.221. The third-order valence-corrected chi connectivity index (χ3v) is 5.46. The average Bonchev–Trinajstić information content (AvgIpc) is 2.24. The molecule has 0 unspecified atom stereocenters. The first kappa shape index (κ1) is 12.3. The molecule has 2 saturated heterocycles. The van der Waals surface area contributed by atoms with Crippen molar-refractivity contribution in [3.63, 3.8) is 0 Å². The number of piperidine rings is 1. The van der Waals surface area contributed by atoms with Gasteiger partial charge in [0.2, 0.25) is 0 Å². The summed E-state index contributed by atoms with van der Waals surface area (Å²) in [6.45, 7) is 2.31. The van der Waals surface area contributed by atoms with Crippen molar-refractivity contribution in [2.24, 2.45) is 0 Å². The van der Waals surface area contributed by atoms with E-state index in [4.69, 9.17) is 0 Å². The molecule has 2 rings (SSSR count). The molecule has 2 aliphatic heterocycles. The van der Waals surface area contributed by atoms with Gasteiger partial charge in [0.15, 0.2) is 0 Å². The Kier molecular flexibility index (Phi) is 3.87. The normalized spacial score (nSPS) is 29.3. The molecule has 0 aromatic carbocycles. The van der Waals surface area contributed by atoms with Crippen LogP contribution in [0.4, 0.5) is 0 Å². The Bertz CT molecular complexity index is 307. The molecule has 16 heavy (non-hydrogen) atoms. The zero-order valence-corrected chi connectivity index (χ0v) is 10.8. The minimum atomic E-state index is -2.71. The number of nitrogens with zero attached hydrogens (tertiary/aromatic N) is 1. The molecule has 0 aromatic heterocycles. The van der Waals surface area contributed by atoms with Gasteiger partial charge in [-0.3, -0.25) is 0 Å². The highest BCUT2D eigenvalue weighted by molar-refractivity contribution is 7.91. The van der Waals surface area contributed by atoms with Crippen LogP contribution in [0.15, 0.2) is 0 Å². The summed E-state index contributed by atoms with van der Waals surface area (Å²) in [7, 11) is -0.557. The SMILES string of the molecule is CN1CCC(NC2CCS(=O)(=O)CC2)CC1. The van der Waals surface area contributed by atoms with Crippen molar-refractivity contribution in [2.75, 3.05) is 31.6 Å².